The molecule has 0 aliphatic carbocycles. The largest absolute Gasteiger partial charge is 0.497 e. The van der Waals surface area contributed by atoms with E-state index in [9.17, 15) is 0 Å². The molecule has 0 aliphatic heterocycles. The maximum absolute atomic E-state index is 5.23. The SMILES string of the molecule is COc1ccc(-c2ccnc3c2ccc2cccnc23)cc1. The Balaban J connectivity index is 1.99. The van der Waals surface area contributed by atoms with Gasteiger partial charge in [0.2, 0.25) is 0 Å². The molecule has 0 unspecified atom stereocenters. The Morgan fingerprint density at radius 3 is 2.41 bits per heavy atom. The Morgan fingerprint density at radius 2 is 1.59 bits per heavy atom. The lowest BCUT2D eigenvalue weighted by Crippen LogP contribution is -1.88. The van der Waals surface area contributed by atoms with Gasteiger partial charge in [-0.1, -0.05) is 30.3 Å². The minimum absolute atomic E-state index is 0.856. The molecule has 4 rings (SSSR count). The first-order chi connectivity index (χ1) is 10.9. The van der Waals surface area contributed by atoms with E-state index in [1.165, 1.54) is 0 Å². The van der Waals surface area contributed by atoms with Crippen LogP contribution in [0.5, 0.6) is 5.75 Å². The standard InChI is InChI=1S/C19H14N2O/c1-22-15-7-4-13(5-8-15)16-10-12-21-19-17(16)9-6-14-3-2-11-20-18(14)19/h2-12H,1H3. The molecule has 2 aromatic carbocycles. The molecule has 0 N–H and O–H groups in total. The first-order valence-electron chi connectivity index (χ1n) is 7.14. The predicted octanol–water partition coefficient (Wildman–Crippen LogP) is 4.46. The molecule has 4 aromatic rings. The van der Waals surface area contributed by atoms with Crippen molar-refractivity contribution < 1.29 is 4.74 Å². The average molecular weight is 286 g/mol. The Labute approximate surface area is 128 Å². The normalized spacial score (nSPS) is 11.0. The van der Waals surface area contributed by atoms with Crippen LogP contribution in [0.1, 0.15) is 0 Å². The molecule has 22 heavy (non-hydrogen) atoms. The van der Waals surface area contributed by atoms with Gasteiger partial charge >= 0.3 is 0 Å². The molecule has 0 spiro atoms. The lowest BCUT2D eigenvalue weighted by molar-refractivity contribution is 0.415. The Bertz CT molecular complexity index is 962. The Morgan fingerprint density at radius 1 is 0.773 bits per heavy atom. The Kier molecular flexibility index (Phi) is 2.97. The summed E-state index contributed by atoms with van der Waals surface area (Å²) in [6, 6.07) is 18.3. The van der Waals surface area contributed by atoms with Gasteiger partial charge in [0.1, 0.15) is 5.75 Å². The van der Waals surface area contributed by atoms with Gasteiger partial charge < -0.3 is 4.74 Å². The van der Waals surface area contributed by atoms with Crippen LogP contribution in [-0.2, 0) is 0 Å². The minimum Gasteiger partial charge on any atom is -0.497 e. The Hall–Kier alpha value is -2.94. The van der Waals surface area contributed by atoms with Crippen molar-refractivity contribution in [2.45, 2.75) is 0 Å². The van der Waals surface area contributed by atoms with Crippen molar-refractivity contribution in [3.63, 3.8) is 0 Å². The van der Waals surface area contributed by atoms with Crippen molar-refractivity contribution in [2.24, 2.45) is 0 Å². The number of nitrogens with zero attached hydrogens (tertiary/aromatic N) is 2. The molecule has 106 valence electrons. The summed E-state index contributed by atoms with van der Waals surface area (Å²) in [7, 11) is 1.68. The highest BCUT2D eigenvalue weighted by Gasteiger charge is 2.08. The van der Waals surface area contributed by atoms with E-state index in [1.54, 1.807) is 7.11 Å². The van der Waals surface area contributed by atoms with Gasteiger partial charge in [-0.3, -0.25) is 9.97 Å². The van der Waals surface area contributed by atoms with Crippen molar-refractivity contribution in [3.05, 3.63) is 67.0 Å². The van der Waals surface area contributed by atoms with Crippen molar-refractivity contribution in [1.29, 1.82) is 0 Å². The lowest BCUT2D eigenvalue weighted by atomic mass is 10.00. The summed E-state index contributed by atoms with van der Waals surface area (Å²) in [5.41, 5.74) is 4.17. The number of hydrogen-bond acceptors (Lipinski definition) is 3. The highest BCUT2D eigenvalue weighted by molar-refractivity contribution is 6.07. The third-order valence-electron chi connectivity index (χ3n) is 3.88. The van der Waals surface area contributed by atoms with Crippen molar-refractivity contribution in [1.82, 2.24) is 9.97 Å². The highest BCUT2D eigenvalue weighted by Crippen LogP contribution is 2.31. The number of methoxy groups -OCH3 is 1. The van der Waals surface area contributed by atoms with Gasteiger partial charge in [0.05, 0.1) is 18.1 Å². The predicted molar refractivity (Wildman–Crippen MR) is 89.0 cm³/mol. The number of hydrogen-bond donors (Lipinski definition) is 0. The van der Waals surface area contributed by atoms with Crippen LogP contribution in [0, 0.1) is 0 Å². The molecular weight excluding hydrogens is 272 g/mol. The van der Waals surface area contributed by atoms with E-state index >= 15 is 0 Å². The van der Waals surface area contributed by atoms with E-state index in [0.29, 0.717) is 0 Å². The van der Waals surface area contributed by atoms with Crippen LogP contribution < -0.4 is 4.74 Å². The van der Waals surface area contributed by atoms with Gasteiger partial charge in [0, 0.05) is 23.2 Å². The second-order valence-electron chi connectivity index (χ2n) is 5.12. The van der Waals surface area contributed by atoms with Gasteiger partial charge in [0.25, 0.3) is 0 Å². The molecule has 3 heteroatoms. The first-order valence-corrected chi connectivity index (χ1v) is 7.14. The summed E-state index contributed by atoms with van der Waals surface area (Å²) < 4.78 is 5.23. The van der Waals surface area contributed by atoms with Gasteiger partial charge in [-0.2, -0.15) is 0 Å². The summed E-state index contributed by atoms with van der Waals surface area (Å²) in [5, 5.41) is 2.22. The van der Waals surface area contributed by atoms with Gasteiger partial charge in [0.15, 0.2) is 0 Å². The molecule has 2 aromatic heterocycles. The maximum atomic E-state index is 5.23. The zero-order chi connectivity index (χ0) is 14.9. The third-order valence-corrected chi connectivity index (χ3v) is 3.88. The van der Waals surface area contributed by atoms with Crippen molar-refractivity contribution >= 4 is 21.8 Å². The zero-order valence-electron chi connectivity index (χ0n) is 12.2. The zero-order valence-corrected chi connectivity index (χ0v) is 12.2. The van der Waals surface area contributed by atoms with Crippen molar-refractivity contribution in [3.8, 4) is 16.9 Å². The summed E-state index contributed by atoms with van der Waals surface area (Å²) in [6.45, 7) is 0. The first kappa shape index (κ1) is 12.8. The monoisotopic (exact) mass is 286 g/mol. The molecule has 0 aliphatic rings. The van der Waals surface area contributed by atoms with Crippen LogP contribution in [0.2, 0.25) is 0 Å². The van der Waals surface area contributed by atoms with Crippen LogP contribution in [0.3, 0.4) is 0 Å². The average Bonchev–Trinajstić information content (AvgIpc) is 2.61. The summed E-state index contributed by atoms with van der Waals surface area (Å²) in [6.07, 6.45) is 3.65. The van der Waals surface area contributed by atoms with Crippen LogP contribution in [0.15, 0.2) is 67.0 Å². The number of rotatable bonds is 2. The summed E-state index contributed by atoms with van der Waals surface area (Å²) >= 11 is 0. The van der Waals surface area contributed by atoms with Gasteiger partial charge in [-0.25, -0.2) is 0 Å². The second-order valence-corrected chi connectivity index (χ2v) is 5.12. The highest BCUT2D eigenvalue weighted by atomic mass is 16.5. The molecule has 0 saturated carbocycles. The van der Waals surface area contributed by atoms with Crippen LogP contribution in [0.25, 0.3) is 32.9 Å². The van der Waals surface area contributed by atoms with E-state index in [0.717, 1.165) is 38.7 Å². The van der Waals surface area contributed by atoms with Crippen LogP contribution in [-0.4, -0.2) is 17.1 Å². The number of aromatic nitrogens is 2. The molecule has 0 radical (unpaired) electrons. The molecular formula is C19H14N2O. The van der Waals surface area contributed by atoms with Crippen molar-refractivity contribution in [2.75, 3.05) is 7.11 Å². The molecule has 0 saturated heterocycles. The molecule has 0 amide bonds. The van der Waals surface area contributed by atoms with E-state index in [4.69, 9.17) is 4.74 Å². The van der Waals surface area contributed by atoms with Gasteiger partial charge in [-0.05, 0) is 35.4 Å². The third kappa shape index (κ3) is 1.99. The summed E-state index contributed by atoms with van der Waals surface area (Å²) in [5.74, 6) is 0.856. The number of pyridine rings is 2. The van der Waals surface area contributed by atoms with E-state index in [-0.39, 0.29) is 0 Å². The lowest BCUT2D eigenvalue weighted by Gasteiger charge is -2.09. The number of benzene rings is 2. The van der Waals surface area contributed by atoms with E-state index in [2.05, 4.69) is 40.3 Å². The van der Waals surface area contributed by atoms with Crippen LogP contribution >= 0.6 is 0 Å². The fourth-order valence-electron chi connectivity index (χ4n) is 2.78. The second kappa shape index (κ2) is 5.11. The van der Waals surface area contributed by atoms with Crippen LogP contribution in [0.4, 0.5) is 0 Å². The minimum atomic E-state index is 0.856. The topological polar surface area (TPSA) is 35.0 Å². The number of ether oxygens (including phenoxy) is 1. The molecule has 0 fully saturated rings. The fourth-order valence-corrected chi connectivity index (χ4v) is 2.78. The molecule has 2 heterocycles. The number of fused-ring (bicyclic) bond motifs is 3. The van der Waals surface area contributed by atoms with Gasteiger partial charge in [-0.15, -0.1) is 0 Å². The fraction of sp³-hybridized carbons (Fsp3) is 0.0526. The maximum Gasteiger partial charge on any atom is 0.118 e. The smallest absolute Gasteiger partial charge is 0.118 e. The molecule has 0 atom stereocenters. The summed E-state index contributed by atoms with van der Waals surface area (Å²) in [4.78, 5) is 9.03. The molecule has 0 bridgehead atoms. The quantitative estimate of drug-likeness (QED) is 0.510. The van der Waals surface area contributed by atoms with E-state index in [1.807, 2.05) is 36.7 Å². The molecule has 3 nitrogen and oxygen atoms in total. The van der Waals surface area contributed by atoms with E-state index < -0.39 is 0 Å².